The number of aromatic nitrogens is 2. The minimum atomic E-state index is -4.21. The number of benzene rings is 2. The maximum absolute atomic E-state index is 13.9. The summed E-state index contributed by atoms with van der Waals surface area (Å²) in [5.74, 6) is -1.32. The van der Waals surface area contributed by atoms with Gasteiger partial charge >= 0.3 is 0 Å². The van der Waals surface area contributed by atoms with E-state index >= 15 is 0 Å². The number of carbonyl (C=O) groups is 1. The molecule has 10 heteroatoms. The molecule has 3 aromatic rings. The van der Waals surface area contributed by atoms with Gasteiger partial charge in [-0.05, 0) is 42.8 Å². The molecule has 7 nitrogen and oxygen atoms in total. The third-order valence-electron chi connectivity index (χ3n) is 3.69. The van der Waals surface area contributed by atoms with Crippen LogP contribution in [0.3, 0.4) is 0 Å². The van der Waals surface area contributed by atoms with E-state index < -0.39 is 26.6 Å². The summed E-state index contributed by atoms with van der Waals surface area (Å²) in [5, 5.41) is 6.91. The summed E-state index contributed by atoms with van der Waals surface area (Å²) in [6, 6.07) is 9.22. The number of rotatable bonds is 6. The third-order valence-corrected chi connectivity index (χ3v) is 5.33. The second-order valence-corrected chi connectivity index (χ2v) is 8.08. The zero-order valence-corrected chi connectivity index (χ0v) is 16.3. The Hall–Kier alpha value is -2.91. The quantitative estimate of drug-likeness (QED) is 0.636. The van der Waals surface area contributed by atoms with Crippen LogP contribution in [0.1, 0.15) is 5.56 Å². The van der Waals surface area contributed by atoms with E-state index in [2.05, 4.69) is 15.1 Å². The van der Waals surface area contributed by atoms with Gasteiger partial charge < -0.3 is 5.32 Å². The molecule has 0 radical (unpaired) electrons. The zero-order chi connectivity index (χ0) is 20.3. The van der Waals surface area contributed by atoms with Gasteiger partial charge in [-0.2, -0.15) is 5.10 Å². The summed E-state index contributed by atoms with van der Waals surface area (Å²) in [7, 11) is -4.21. The Balaban J connectivity index is 1.84. The van der Waals surface area contributed by atoms with Crippen molar-refractivity contribution in [3.63, 3.8) is 0 Å². The fourth-order valence-electron chi connectivity index (χ4n) is 2.46. The SMILES string of the molecule is Cc1cnn(CC(=O)Nc2cc(Cl)ccc2NS(=O)(=O)c2ccccc2F)c1. The van der Waals surface area contributed by atoms with E-state index in [4.69, 9.17) is 11.6 Å². The Morgan fingerprint density at radius 1 is 1.21 bits per heavy atom. The van der Waals surface area contributed by atoms with Gasteiger partial charge in [-0.15, -0.1) is 0 Å². The van der Waals surface area contributed by atoms with Crippen molar-refractivity contribution in [3.8, 4) is 0 Å². The van der Waals surface area contributed by atoms with Gasteiger partial charge in [0.15, 0.2) is 0 Å². The highest BCUT2D eigenvalue weighted by Gasteiger charge is 2.20. The monoisotopic (exact) mass is 422 g/mol. The van der Waals surface area contributed by atoms with Crippen molar-refractivity contribution < 1.29 is 17.6 Å². The maximum atomic E-state index is 13.9. The van der Waals surface area contributed by atoms with E-state index in [1.165, 1.54) is 35.0 Å². The summed E-state index contributed by atoms with van der Waals surface area (Å²) in [4.78, 5) is 11.8. The van der Waals surface area contributed by atoms with Crippen molar-refractivity contribution in [1.82, 2.24) is 9.78 Å². The first kappa shape index (κ1) is 19.8. The number of nitrogens with one attached hydrogen (secondary N) is 2. The molecule has 1 aromatic heterocycles. The number of amides is 1. The smallest absolute Gasteiger partial charge is 0.264 e. The number of hydrogen-bond donors (Lipinski definition) is 2. The largest absolute Gasteiger partial charge is 0.323 e. The molecule has 28 heavy (non-hydrogen) atoms. The molecule has 0 fully saturated rings. The molecule has 0 atom stereocenters. The molecule has 146 valence electrons. The van der Waals surface area contributed by atoms with Crippen molar-refractivity contribution in [2.75, 3.05) is 10.0 Å². The van der Waals surface area contributed by atoms with E-state index in [1.807, 2.05) is 6.92 Å². The van der Waals surface area contributed by atoms with Crippen LogP contribution >= 0.6 is 11.6 Å². The first-order valence-corrected chi connectivity index (χ1v) is 9.96. The molecule has 0 saturated carbocycles. The summed E-state index contributed by atoms with van der Waals surface area (Å²) in [6.45, 7) is 1.77. The predicted molar refractivity (Wildman–Crippen MR) is 104 cm³/mol. The molecule has 0 saturated heterocycles. The van der Waals surface area contributed by atoms with Gasteiger partial charge in [-0.25, -0.2) is 12.8 Å². The van der Waals surface area contributed by atoms with Gasteiger partial charge in [0.05, 0.1) is 17.6 Å². The maximum Gasteiger partial charge on any atom is 0.264 e. The number of carbonyl (C=O) groups excluding carboxylic acids is 1. The van der Waals surface area contributed by atoms with Crippen molar-refractivity contribution in [2.45, 2.75) is 18.4 Å². The Kier molecular flexibility index (Phi) is 5.66. The molecule has 0 aliphatic rings. The molecule has 1 amide bonds. The Morgan fingerprint density at radius 3 is 2.64 bits per heavy atom. The lowest BCUT2D eigenvalue weighted by Crippen LogP contribution is -2.21. The highest BCUT2D eigenvalue weighted by atomic mass is 35.5. The topological polar surface area (TPSA) is 93.1 Å². The lowest BCUT2D eigenvalue weighted by Gasteiger charge is -2.14. The van der Waals surface area contributed by atoms with Crippen LogP contribution in [0.25, 0.3) is 0 Å². The summed E-state index contributed by atoms with van der Waals surface area (Å²) < 4.78 is 42.7. The lowest BCUT2D eigenvalue weighted by molar-refractivity contribution is -0.116. The molecule has 0 bridgehead atoms. The number of nitrogens with zero attached hydrogens (tertiary/aromatic N) is 2. The van der Waals surface area contributed by atoms with Gasteiger partial charge in [0.1, 0.15) is 17.3 Å². The second kappa shape index (κ2) is 7.99. The van der Waals surface area contributed by atoms with Crippen molar-refractivity contribution >= 4 is 38.9 Å². The molecule has 1 heterocycles. The summed E-state index contributed by atoms with van der Waals surface area (Å²) in [5.41, 5.74) is 1.09. The van der Waals surface area contributed by atoms with Crippen LogP contribution in [0.2, 0.25) is 5.02 Å². The van der Waals surface area contributed by atoms with Crippen LogP contribution in [0.4, 0.5) is 15.8 Å². The van der Waals surface area contributed by atoms with E-state index in [1.54, 1.807) is 12.4 Å². The minimum absolute atomic E-state index is 0.0534. The first-order valence-electron chi connectivity index (χ1n) is 8.10. The fourth-order valence-corrected chi connectivity index (χ4v) is 3.79. The molecule has 0 spiro atoms. The van der Waals surface area contributed by atoms with Crippen LogP contribution in [-0.2, 0) is 21.4 Å². The average molecular weight is 423 g/mol. The first-order chi connectivity index (χ1) is 13.2. The molecule has 0 aliphatic carbocycles. The number of sulfonamides is 1. The lowest BCUT2D eigenvalue weighted by atomic mass is 10.2. The highest BCUT2D eigenvalue weighted by Crippen LogP contribution is 2.28. The van der Waals surface area contributed by atoms with Gasteiger partial charge in [0.2, 0.25) is 5.91 Å². The van der Waals surface area contributed by atoms with E-state index in [-0.39, 0.29) is 17.9 Å². The van der Waals surface area contributed by atoms with Crippen LogP contribution in [0.15, 0.2) is 59.8 Å². The molecule has 2 N–H and O–H groups in total. The van der Waals surface area contributed by atoms with Gasteiger partial charge in [-0.1, -0.05) is 23.7 Å². The van der Waals surface area contributed by atoms with Gasteiger partial charge in [0, 0.05) is 11.2 Å². The Bertz CT molecular complexity index is 1130. The minimum Gasteiger partial charge on any atom is -0.323 e. The third kappa shape index (κ3) is 4.68. The number of hydrogen-bond acceptors (Lipinski definition) is 4. The molecule has 0 unspecified atom stereocenters. The Morgan fingerprint density at radius 2 is 1.96 bits per heavy atom. The number of anilines is 2. The number of aryl methyl sites for hydroxylation is 1. The molecule has 0 aliphatic heterocycles. The number of halogens is 2. The van der Waals surface area contributed by atoms with Crippen LogP contribution in [0.5, 0.6) is 0 Å². The normalized spacial score (nSPS) is 11.2. The van der Waals surface area contributed by atoms with E-state index in [0.29, 0.717) is 5.02 Å². The standard InChI is InChI=1S/C18H16ClFN4O3S/c1-12-9-21-24(10-12)11-18(25)22-16-8-13(19)6-7-15(16)23-28(26,27)17-5-3-2-4-14(17)20/h2-10,23H,11H2,1H3,(H,22,25). The zero-order valence-electron chi connectivity index (χ0n) is 14.7. The molecule has 2 aromatic carbocycles. The predicted octanol–water partition coefficient (Wildman–Crippen LogP) is 3.42. The molecular weight excluding hydrogens is 407 g/mol. The molecule has 3 rings (SSSR count). The van der Waals surface area contributed by atoms with Crippen LogP contribution in [-0.4, -0.2) is 24.1 Å². The molecular formula is C18H16ClFN4O3S. The van der Waals surface area contributed by atoms with Gasteiger partial charge in [-0.3, -0.25) is 14.2 Å². The van der Waals surface area contributed by atoms with Gasteiger partial charge in [0.25, 0.3) is 10.0 Å². The fraction of sp³-hybridized carbons (Fsp3) is 0.111. The van der Waals surface area contributed by atoms with Crippen molar-refractivity contribution in [3.05, 3.63) is 71.3 Å². The Labute approximate surface area is 166 Å². The van der Waals surface area contributed by atoms with Crippen molar-refractivity contribution in [2.24, 2.45) is 0 Å². The van der Waals surface area contributed by atoms with E-state index in [9.17, 15) is 17.6 Å². The second-order valence-electron chi connectivity index (χ2n) is 5.99. The van der Waals surface area contributed by atoms with Crippen molar-refractivity contribution in [1.29, 1.82) is 0 Å². The van der Waals surface area contributed by atoms with Crippen LogP contribution < -0.4 is 10.0 Å². The highest BCUT2D eigenvalue weighted by molar-refractivity contribution is 7.92. The summed E-state index contributed by atoms with van der Waals surface area (Å²) in [6.07, 6.45) is 3.31. The van der Waals surface area contributed by atoms with Crippen LogP contribution in [0, 0.1) is 12.7 Å². The average Bonchev–Trinajstić information content (AvgIpc) is 3.02. The summed E-state index contributed by atoms with van der Waals surface area (Å²) >= 11 is 5.97. The van der Waals surface area contributed by atoms with E-state index in [0.717, 1.165) is 17.7 Å².